The second-order valence-corrected chi connectivity index (χ2v) is 6.81. The third kappa shape index (κ3) is 4.02. The Kier molecular flexibility index (Phi) is 4.78. The van der Waals surface area contributed by atoms with Crippen LogP contribution in [-0.4, -0.2) is 45.8 Å². The lowest BCUT2D eigenvalue weighted by Gasteiger charge is -2.36. The zero-order chi connectivity index (χ0) is 16.3. The molecule has 1 fully saturated rings. The molecule has 2 amide bonds. The van der Waals surface area contributed by atoms with E-state index in [2.05, 4.69) is 15.3 Å². The van der Waals surface area contributed by atoms with Gasteiger partial charge < -0.3 is 10.2 Å². The van der Waals surface area contributed by atoms with Crippen molar-refractivity contribution in [3.8, 4) is 0 Å². The number of rotatable bonds is 2. The van der Waals surface area contributed by atoms with Crippen molar-refractivity contribution in [1.29, 1.82) is 0 Å². The lowest BCUT2D eigenvalue weighted by Crippen LogP contribution is -2.49. The minimum Gasteiger partial charge on any atom is -0.349 e. The van der Waals surface area contributed by atoms with Crippen molar-refractivity contribution in [1.82, 2.24) is 20.2 Å². The van der Waals surface area contributed by atoms with Gasteiger partial charge in [-0.25, -0.2) is 9.97 Å². The number of nitrogens with one attached hydrogen (secondary N) is 1. The Bertz CT molecular complexity index is 540. The van der Waals surface area contributed by atoms with Crippen molar-refractivity contribution in [2.45, 2.75) is 46.6 Å². The maximum atomic E-state index is 12.2. The predicted octanol–water partition coefficient (Wildman–Crippen LogP) is 1.55. The van der Waals surface area contributed by atoms with Crippen molar-refractivity contribution in [2.75, 3.05) is 13.1 Å². The van der Waals surface area contributed by atoms with E-state index in [-0.39, 0.29) is 23.3 Å². The van der Waals surface area contributed by atoms with E-state index in [4.69, 9.17) is 0 Å². The number of hydrogen-bond acceptors (Lipinski definition) is 4. The number of aromatic nitrogens is 2. The van der Waals surface area contributed by atoms with Crippen LogP contribution in [-0.2, 0) is 4.79 Å². The molecule has 1 aliphatic heterocycles. The molecular formula is C16H24N4O2. The normalized spacial score (nSPS) is 16.5. The molecule has 1 saturated heterocycles. The van der Waals surface area contributed by atoms with E-state index >= 15 is 0 Å². The SMILES string of the molecule is Cc1ncc(C(=O)NC2CCN(C(=O)C(C)(C)C)CC2)cn1. The fourth-order valence-electron chi connectivity index (χ4n) is 2.48. The van der Waals surface area contributed by atoms with Crippen LogP contribution in [0.2, 0.25) is 0 Å². The first-order valence-corrected chi connectivity index (χ1v) is 7.66. The fourth-order valence-corrected chi connectivity index (χ4v) is 2.48. The summed E-state index contributed by atoms with van der Waals surface area (Å²) >= 11 is 0. The molecule has 1 aliphatic rings. The van der Waals surface area contributed by atoms with Crippen LogP contribution in [0.3, 0.4) is 0 Å². The highest BCUT2D eigenvalue weighted by Crippen LogP contribution is 2.21. The molecule has 1 N–H and O–H groups in total. The van der Waals surface area contributed by atoms with E-state index in [0.29, 0.717) is 24.5 Å². The topological polar surface area (TPSA) is 75.2 Å². The maximum absolute atomic E-state index is 12.2. The van der Waals surface area contributed by atoms with Gasteiger partial charge in [0.15, 0.2) is 0 Å². The summed E-state index contributed by atoms with van der Waals surface area (Å²) in [5, 5.41) is 3.00. The maximum Gasteiger partial charge on any atom is 0.254 e. The van der Waals surface area contributed by atoms with Gasteiger partial charge in [0.1, 0.15) is 5.82 Å². The van der Waals surface area contributed by atoms with E-state index in [1.807, 2.05) is 25.7 Å². The molecule has 0 radical (unpaired) electrons. The van der Waals surface area contributed by atoms with Crippen LogP contribution in [0.5, 0.6) is 0 Å². The molecule has 1 aromatic heterocycles. The molecule has 22 heavy (non-hydrogen) atoms. The van der Waals surface area contributed by atoms with E-state index < -0.39 is 0 Å². The number of likely N-dealkylation sites (tertiary alicyclic amines) is 1. The Labute approximate surface area is 131 Å². The number of carbonyl (C=O) groups is 2. The van der Waals surface area contributed by atoms with Gasteiger partial charge in [0.05, 0.1) is 5.56 Å². The Morgan fingerprint density at radius 3 is 2.23 bits per heavy atom. The van der Waals surface area contributed by atoms with Crippen molar-refractivity contribution in [2.24, 2.45) is 5.41 Å². The Morgan fingerprint density at radius 2 is 1.73 bits per heavy atom. The summed E-state index contributed by atoms with van der Waals surface area (Å²) in [6, 6.07) is 0.0952. The number of carbonyl (C=O) groups excluding carboxylic acids is 2. The first-order chi connectivity index (χ1) is 10.3. The largest absolute Gasteiger partial charge is 0.349 e. The standard InChI is InChI=1S/C16H24N4O2/c1-11-17-9-12(10-18-11)14(21)19-13-5-7-20(8-6-13)15(22)16(2,3)4/h9-10,13H,5-8H2,1-4H3,(H,19,21). The molecule has 6 nitrogen and oxygen atoms in total. The number of nitrogens with zero attached hydrogens (tertiary/aromatic N) is 3. The summed E-state index contributed by atoms with van der Waals surface area (Å²) in [6.45, 7) is 8.95. The molecular weight excluding hydrogens is 280 g/mol. The van der Waals surface area contributed by atoms with Crippen LogP contribution in [0.25, 0.3) is 0 Å². The minimum absolute atomic E-state index is 0.0952. The summed E-state index contributed by atoms with van der Waals surface area (Å²) in [6.07, 6.45) is 4.63. The second kappa shape index (κ2) is 6.42. The van der Waals surface area contributed by atoms with Crippen molar-refractivity contribution < 1.29 is 9.59 Å². The summed E-state index contributed by atoms with van der Waals surface area (Å²) in [4.78, 5) is 34.3. The van der Waals surface area contributed by atoms with E-state index in [1.165, 1.54) is 12.4 Å². The Morgan fingerprint density at radius 1 is 1.18 bits per heavy atom. The van der Waals surface area contributed by atoms with Gasteiger partial charge in [0.2, 0.25) is 5.91 Å². The van der Waals surface area contributed by atoms with E-state index in [1.54, 1.807) is 6.92 Å². The fraction of sp³-hybridized carbons (Fsp3) is 0.625. The second-order valence-electron chi connectivity index (χ2n) is 6.81. The highest BCUT2D eigenvalue weighted by atomic mass is 16.2. The summed E-state index contributed by atoms with van der Waals surface area (Å²) < 4.78 is 0. The Hall–Kier alpha value is -1.98. The molecule has 1 aromatic rings. The quantitative estimate of drug-likeness (QED) is 0.899. The van der Waals surface area contributed by atoms with Crippen molar-refractivity contribution >= 4 is 11.8 Å². The summed E-state index contributed by atoms with van der Waals surface area (Å²) in [7, 11) is 0. The third-order valence-electron chi connectivity index (χ3n) is 3.80. The molecule has 0 unspecified atom stereocenters. The minimum atomic E-state index is -0.352. The number of aryl methyl sites for hydroxylation is 1. The van der Waals surface area contributed by atoms with Crippen LogP contribution in [0.1, 0.15) is 49.8 Å². The van der Waals surface area contributed by atoms with Gasteiger partial charge in [-0.2, -0.15) is 0 Å². The lowest BCUT2D eigenvalue weighted by molar-refractivity contribution is -0.140. The van der Waals surface area contributed by atoms with Crippen molar-refractivity contribution in [3.05, 3.63) is 23.8 Å². The lowest BCUT2D eigenvalue weighted by atomic mass is 9.93. The van der Waals surface area contributed by atoms with E-state index in [0.717, 1.165) is 12.8 Å². The van der Waals surface area contributed by atoms with Crippen LogP contribution in [0.4, 0.5) is 0 Å². The molecule has 0 aromatic carbocycles. The average molecular weight is 304 g/mol. The average Bonchev–Trinajstić information content (AvgIpc) is 2.47. The van der Waals surface area contributed by atoms with Gasteiger partial charge in [-0.1, -0.05) is 20.8 Å². The van der Waals surface area contributed by atoms with Gasteiger partial charge in [-0.3, -0.25) is 9.59 Å². The van der Waals surface area contributed by atoms with Crippen LogP contribution < -0.4 is 5.32 Å². The molecule has 0 bridgehead atoms. The zero-order valence-electron chi connectivity index (χ0n) is 13.7. The monoisotopic (exact) mass is 304 g/mol. The van der Waals surface area contributed by atoms with Gasteiger partial charge >= 0.3 is 0 Å². The molecule has 2 heterocycles. The zero-order valence-corrected chi connectivity index (χ0v) is 13.7. The van der Waals surface area contributed by atoms with Crippen LogP contribution in [0.15, 0.2) is 12.4 Å². The molecule has 2 rings (SSSR count). The van der Waals surface area contributed by atoms with Crippen LogP contribution in [0, 0.1) is 12.3 Å². The van der Waals surface area contributed by atoms with Gasteiger partial charge in [-0.15, -0.1) is 0 Å². The smallest absolute Gasteiger partial charge is 0.254 e. The third-order valence-corrected chi connectivity index (χ3v) is 3.80. The molecule has 0 saturated carbocycles. The Balaban J connectivity index is 1.86. The van der Waals surface area contributed by atoms with Gasteiger partial charge in [0.25, 0.3) is 5.91 Å². The molecule has 0 atom stereocenters. The molecule has 120 valence electrons. The molecule has 6 heteroatoms. The number of hydrogen-bond donors (Lipinski definition) is 1. The summed E-state index contributed by atoms with van der Waals surface area (Å²) in [5.74, 6) is 0.662. The first kappa shape index (κ1) is 16.4. The van der Waals surface area contributed by atoms with Gasteiger partial charge in [-0.05, 0) is 19.8 Å². The van der Waals surface area contributed by atoms with Crippen molar-refractivity contribution in [3.63, 3.8) is 0 Å². The summed E-state index contributed by atoms with van der Waals surface area (Å²) in [5.41, 5.74) is 0.119. The highest BCUT2D eigenvalue weighted by Gasteiger charge is 2.30. The first-order valence-electron chi connectivity index (χ1n) is 7.66. The molecule has 0 spiro atoms. The molecule has 0 aliphatic carbocycles. The predicted molar refractivity (Wildman–Crippen MR) is 83.3 cm³/mol. The number of amides is 2. The highest BCUT2D eigenvalue weighted by molar-refractivity contribution is 5.93. The number of piperidine rings is 1. The van der Waals surface area contributed by atoms with Gasteiger partial charge in [0, 0.05) is 36.9 Å². The van der Waals surface area contributed by atoms with Crippen LogP contribution >= 0.6 is 0 Å². The van der Waals surface area contributed by atoms with E-state index in [9.17, 15) is 9.59 Å².